The molecule has 1 aromatic carbocycles. The first-order valence-electron chi connectivity index (χ1n) is 9.92. The number of benzene rings is 1. The number of ether oxygens (including phenoxy) is 1. The second-order valence-electron chi connectivity index (χ2n) is 8.46. The molecule has 0 saturated heterocycles. The van der Waals surface area contributed by atoms with E-state index in [1.54, 1.807) is 19.2 Å². The third-order valence-electron chi connectivity index (χ3n) is 5.41. The first-order valence-corrected chi connectivity index (χ1v) is 9.92. The molecule has 2 aromatic heterocycles. The number of furan rings is 1. The summed E-state index contributed by atoms with van der Waals surface area (Å²) in [4.78, 5) is 12.8. The average Bonchev–Trinajstić information content (AvgIpc) is 3.30. The molecule has 1 N–H and O–H groups in total. The third-order valence-corrected chi connectivity index (χ3v) is 5.41. The van der Waals surface area contributed by atoms with E-state index in [0.29, 0.717) is 18.1 Å². The molecule has 1 amide bonds. The van der Waals surface area contributed by atoms with Gasteiger partial charge in [0.25, 0.3) is 5.91 Å². The molecule has 0 spiro atoms. The highest BCUT2D eigenvalue weighted by molar-refractivity contribution is 5.91. The molecule has 6 nitrogen and oxygen atoms in total. The summed E-state index contributed by atoms with van der Waals surface area (Å²) in [5.41, 5.74) is 3.56. The lowest BCUT2D eigenvalue weighted by Gasteiger charge is -2.35. The highest BCUT2D eigenvalue weighted by atomic mass is 16.5. The number of carbonyl (C=O) groups is 1. The Labute approximate surface area is 170 Å². The van der Waals surface area contributed by atoms with Crippen LogP contribution < -0.4 is 5.32 Å². The Bertz CT molecular complexity index is 988. The molecule has 29 heavy (non-hydrogen) atoms. The highest BCUT2D eigenvalue weighted by Gasteiger charge is 2.36. The first-order chi connectivity index (χ1) is 13.9. The Kier molecular flexibility index (Phi) is 5.28. The van der Waals surface area contributed by atoms with Gasteiger partial charge in [-0.25, -0.2) is 0 Å². The maximum atomic E-state index is 12.8. The van der Waals surface area contributed by atoms with Gasteiger partial charge in [0.2, 0.25) is 0 Å². The minimum Gasteiger partial charge on any atom is -0.453 e. The zero-order chi connectivity index (χ0) is 20.4. The summed E-state index contributed by atoms with van der Waals surface area (Å²) in [6.45, 7) is 5.54. The molecule has 0 unspecified atom stereocenters. The fourth-order valence-corrected chi connectivity index (χ4v) is 4.07. The molecular formula is C23H27N3O3. The van der Waals surface area contributed by atoms with E-state index in [1.165, 1.54) is 11.3 Å². The Morgan fingerprint density at radius 3 is 2.83 bits per heavy atom. The van der Waals surface area contributed by atoms with Gasteiger partial charge in [0.1, 0.15) is 12.4 Å². The summed E-state index contributed by atoms with van der Waals surface area (Å²) in [5.74, 6) is 0.730. The lowest BCUT2D eigenvalue weighted by Crippen LogP contribution is -2.36. The number of amides is 1. The summed E-state index contributed by atoms with van der Waals surface area (Å²) in [7, 11) is 1.60. The number of carbonyl (C=O) groups excluding carboxylic acids is 1. The zero-order valence-corrected chi connectivity index (χ0v) is 17.1. The van der Waals surface area contributed by atoms with Crippen molar-refractivity contribution in [3.63, 3.8) is 0 Å². The van der Waals surface area contributed by atoms with Gasteiger partial charge in [-0.05, 0) is 36.0 Å². The molecule has 0 bridgehead atoms. The number of hydrogen-bond donors (Lipinski definition) is 1. The van der Waals surface area contributed by atoms with Crippen LogP contribution >= 0.6 is 0 Å². The normalized spacial score (nSPS) is 17.7. The lowest BCUT2D eigenvalue weighted by molar-refractivity contribution is 0.0882. The molecule has 0 radical (unpaired) electrons. The van der Waals surface area contributed by atoms with Crippen LogP contribution in [0.25, 0.3) is 0 Å². The van der Waals surface area contributed by atoms with Crippen molar-refractivity contribution < 1.29 is 13.9 Å². The standard InChI is InChI=1S/C23H27N3O3/c1-23(2)11-19(25-22(27)21-10-9-17(29-21)15-28-3)18-13-24-26(20(18)12-23)14-16-7-5-4-6-8-16/h4-10,13,19H,11-12,14-15H2,1-3H3,(H,25,27)/t19-/m1/s1. The van der Waals surface area contributed by atoms with Gasteiger partial charge in [0, 0.05) is 18.4 Å². The zero-order valence-electron chi connectivity index (χ0n) is 17.1. The van der Waals surface area contributed by atoms with Crippen LogP contribution in [0.15, 0.2) is 53.1 Å². The minimum atomic E-state index is -0.211. The summed E-state index contributed by atoms with van der Waals surface area (Å²) in [6, 6.07) is 13.7. The summed E-state index contributed by atoms with van der Waals surface area (Å²) in [5, 5.41) is 7.80. The minimum absolute atomic E-state index is 0.0593. The van der Waals surface area contributed by atoms with Gasteiger partial charge >= 0.3 is 0 Å². The van der Waals surface area contributed by atoms with E-state index in [2.05, 4.69) is 41.1 Å². The number of fused-ring (bicyclic) bond motifs is 1. The van der Waals surface area contributed by atoms with E-state index >= 15 is 0 Å². The van der Waals surface area contributed by atoms with Crippen molar-refractivity contribution in [3.8, 4) is 0 Å². The molecule has 1 aliphatic rings. The van der Waals surface area contributed by atoms with Crippen LogP contribution in [0, 0.1) is 5.41 Å². The molecule has 0 aliphatic heterocycles. The molecule has 3 aromatic rings. The molecule has 6 heteroatoms. The maximum absolute atomic E-state index is 12.8. The largest absolute Gasteiger partial charge is 0.453 e. The third kappa shape index (κ3) is 4.27. The molecule has 0 fully saturated rings. The second-order valence-corrected chi connectivity index (χ2v) is 8.46. The van der Waals surface area contributed by atoms with Crippen LogP contribution in [0.2, 0.25) is 0 Å². The van der Waals surface area contributed by atoms with Crippen molar-refractivity contribution in [3.05, 3.63) is 77.0 Å². The molecular weight excluding hydrogens is 366 g/mol. The molecule has 1 atom stereocenters. The predicted molar refractivity (Wildman–Crippen MR) is 110 cm³/mol. The van der Waals surface area contributed by atoms with Crippen LogP contribution in [-0.4, -0.2) is 22.8 Å². The Hall–Kier alpha value is -2.86. The van der Waals surface area contributed by atoms with E-state index in [4.69, 9.17) is 9.15 Å². The van der Waals surface area contributed by atoms with Crippen molar-refractivity contribution in [2.24, 2.45) is 5.41 Å². The van der Waals surface area contributed by atoms with Crippen LogP contribution in [0.1, 0.15) is 59.4 Å². The first kappa shape index (κ1) is 19.5. The summed E-state index contributed by atoms with van der Waals surface area (Å²) < 4.78 is 12.7. The SMILES string of the molecule is COCc1ccc(C(=O)N[C@@H]2CC(C)(C)Cc3c2cnn3Cc2ccccc2)o1. The van der Waals surface area contributed by atoms with Crippen molar-refractivity contribution >= 4 is 5.91 Å². The average molecular weight is 393 g/mol. The smallest absolute Gasteiger partial charge is 0.287 e. The van der Waals surface area contributed by atoms with Crippen molar-refractivity contribution in [2.45, 2.75) is 45.9 Å². The Morgan fingerprint density at radius 2 is 2.07 bits per heavy atom. The monoisotopic (exact) mass is 393 g/mol. The van der Waals surface area contributed by atoms with E-state index in [9.17, 15) is 4.79 Å². The van der Waals surface area contributed by atoms with Crippen molar-refractivity contribution in [1.82, 2.24) is 15.1 Å². The summed E-state index contributed by atoms with van der Waals surface area (Å²) in [6.07, 6.45) is 3.69. The molecule has 1 aliphatic carbocycles. The van der Waals surface area contributed by atoms with E-state index in [1.807, 2.05) is 24.4 Å². The van der Waals surface area contributed by atoms with Gasteiger partial charge in [0.05, 0.1) is 18.8 Å². The van der Waals surface area contributed by atoms with Gasteiger partial charge in [0.15, 0.2) is 5.76 Å². The van der Waals surface area contributed by atoms with Crippen LogP contribution in [-0.2, 0) is 24.3 Å². The van der Waals surface area contributed by atoms with Crippen molar-refractivity contribution in [1.29, 1.82) is 0 Å². The summed E-state index contributed by atoms with van der Waals surface area (Å²) >= 11 is 0. The molecule has 152 valence electrons. The second kappa shape index (κ2) is 7.87. The Balaban J connectivity index is 1.56. The number of aromatic nitrogens is 2. The van der Waals surface area contributed by atoms with E-state index in [-0.39, 0.29) is 17.4 Å². The van der Waals surface area contributed by atoms with Crippen molar-refractivity contribution in [2.75, 3.05) is 7.11 Å². The van der Waals surface area contributed by atoms with Crippen LogP contribution in [0.5, 0.6) is 0 Å². The molecule has 0 saturated carbocycles. The van der Waals surface area contributed by atoms with E-state index in [0.717, 1.165) is 24.9 Å². The van der Waals surface area contributed by atoms with Crippen LogP contribution in [0.3, 0.4) is 0 Å². The number of nitrogens with zero attached hydrogens (tertiary/aromatic N) is 2. The lowest BCUT2D eigenvalue weighted by atomic mass is 9.74. The van der Waals surface area contributed by atoms with Gasteiger partial charge < -0.3 is 14.5 Å². The van der Waals surface area contributed by atoms with E-state index < -0.39 is 0 Å². The number of methoxy groups -OCH3 is 1. The van der Waals surface area contributed by atoms with Gasteiger partial charge in [-0.3, -0.25) is 9.48 Å². The highest BCUT2D eigenvalue weighted by Crippen LogP contribution is 2.41. The van der Waals surface area contributed by atoms with Gasteiger partial charge in [-0.15, -0.1) is 0 Å². The number of hydrogen-bond acceptors (Lipinski definition) is 4. The fraction of sp³-hybridized carbons (Fsp3) is 0.391. The molecule has 4 rings (SSSR count). The quantitative estimate of drug-likeness (QED) is 0.684. The molecule has 2 heterocycles. The predicted octanol–water partition coefficient (Wildman–Crippen LogP) is 4.11. The maximum Gasteiger partial charge on any atom is 0.287 e. The fourth-order valence-electron chi connectivity index (χ4n) is 4.07. The Morgan fingerprint density at radius 1 is 1.28 bits per heavy atom. The topological polar surface area (TPSA) is 69.3 Å². The van der Waals surface area contributed by atoms with Crippen LogP contribution in [0.4, 0.5) is 0 Å². The van der Waals surface area contributed by atoms with Gasteiger partial charge in [-0.1, -0.05) is 44.2 Å². The van der Waals surface area contributed by atoms with Gasteiger partial charge in [-0.2, -0.15) is 5.10 Å². The number of nitrogens with one attached hydrogen (secondary N) is 1. The number of rotatable bonds is 6.